The average Bonchev–Trinajstić information content (AvgIpc) is 2.66. The first-order valence-corrected chi connectivity index (χ1v) is 9.76. The molecule has 144 valence electrons. The van der Waals surface area contributed by atoms with E-state index in [4.69, 9.17) is 4.74 Å². The Kier molecular flexibility index (Phi) is 6.51. The highest BCUT2D eigenvalue weighted by Gasteiger charge is 2.34. The highest BCUT2D eigenvalue weighted by atomic mass is 32.2. The number of hydrogen-bond donors (Lipinski definition) is 0. The fourth-order valence-corrected chi connectivity index (χ4v) is 4.23. The van der Waals surface area contributed by atoms with Crippen LogP contribution in [0, 0.1) is 10.1 Å². The third kappa shape index (κ3) is 4.43. The van der Waals surface area contributed by atoms with Gasteiger partial charge >= 0.3 is 5.97 Å². The lowest BCUT2D eigenvalue weighted by atomic mass is 10.1. The number of ether oxygens (including phenoxy) is 1. The number of nitrogens with zero attached hydrogens (tertiary/aromatic N) is 2. The second-order valence-corrected chi connectivity index (χ2v) is 7.35. The number of benzene rings is 2. The predicted octanol–water partition coefficient (Wildman–Crippen LogP) is 2.92. The van der Waals surface area contributed by atoms with E-state index in [0.29, 0.717) is 12.0 Å². The van der Waals surface area contributed by atoms with E-state index >= 15 is 0 Å². The van der Waals surface area contributed by atoms with Crippen molar-refractivity contribution in [3.8, 4) is 0 Å². The van der Waals surface area contributed by atoms with E-state index in [1.807, 2.05) is 6.92 Å². The molecule has 0 fully saturated rings. The summed E-state index contributed by atoms with van der Waals surface area (Å²) in [5.41, 5.74) is 0.413. The van der Waals surface area contributed by atoms with Crippen molar-refractivity contribution in [1.82, 2.24) is 0 Å². The lowest BCUT2D eigenvalue weighted by Gasteiger charge is -2.25. The van der Waals surface area contributed by atoms with E-state index < -0.39 is 38.0 Å². The highest BCUT2D eigenvalue weighted by molar-refractivity contribution is 7.93. The molecule has 9 heteroatoms. The van der Waals surface area contributed by atoms with Crippen LogP contribution < -0.4 is 4.31 Å². The fraction of sp³-hybridized carbons (Fsp3) is 0.278. The van der Waals surface area contributed by atoms with Gasteiger partial charge in [0, 0.05) is 6.07 Å². The van der Waals surface area contributed by atoms with Gasteiger partial charge in [0.05, 0.1) is 17.2 Å². The maximum absolute atomic E-state index is 13.3. The van der Waals surface area contributed by atoms with Crippen LogP contribution in [-0.2, 0) is 26.0 Å². The first-order chi connectivity index (χ1) is 12.8. The minimum absolute atomic E-state index is 0.0909. The summed E-state index contributed by atoms with van der Waals surface area (Å²) < 4.78 is 32.3. The van der Waals surface area contributed by atoms with E-state index in [1.165, 1.54) is 12.1 Å². The Balaban J connectivity index is 2.66. The molecule has 0 heterocycles. The molecule has 0 aliphatic carbocycles. The molecular weight excluding hydrogens is 372 g/mol. The van der Waals surface area contributed by atoms with Crippen molar-refractivity contribution in [3.05, 3.63) is 64.2 Å². The number of esters is 1. The Bertz CT molecular complexity index is 942. The van der Waals surface area contributed by atoms with Crippen molar-refractivity contribution in [2.45, 2.75) is 25.2 Å². The number of nitro benzene ring substituents is 1. The standard InChI is InChI=1S/C18H20N2O6S/c1-3-14-9-5-6-10-15(14)19(13-18(21)26-4-2)27(24,25)17-12-8-7-11-16(17)20(22)23/h5-12H,3-4,13H2,1-2H3. The number of anilines is 1. The van der Waals surface area contributed by atoms with Crippen LogP contribution in [0.1, 0.15) is 19.4 Å². The monoisotopic (exact) mass is 392 g/mol. The molecule has 0 saturated heterocycles. The van der Waals surface area contributed by atoms with Crippen molar-refractivity contribution < 1.29 is 22.9 Å². The quantitative estimate of drug-likeness (QED) is 0.388. The van der Waals surface area contributed by atoms with E-state index in [9.17, 15) is 23.3 Å². The maximum atomic E-state index is 13.3. The number of sulfonamides is 1. The number of carbonyl (C=O) groups is 1. The SMILES string of the molecule is CCOC(=O)CN(c1ccccc1CC)S(=O)(=O)c1ccccc1[N+](=O)[O-]. The second-order valence-electron chi connectivity index (χ2n) is 5.52. The first-order valence-electron chi connectivity index (χ1n) is 8.32. The summed E-state index contributed by atoms with van der Waals surface area (Å²) in [6.45, 7) is 2.96. The predicted molar refractivity (Wildman–Crippen MR) is 100 cm³/mol. The fourth-order valence-electron chi connectivity index (χ4n) is 2.62. The van der Waals surface area contributed by atoms with Gasteiger partial charge in [0.25, 0.3) is 15.7 Å². The molecule has 2 aromatic rings. The number of aryl methyl sites for hydroxylation is 1. The minimum atomic E-state index is -4.38. The first kappa shape index (κ1) is 20.4. The molecule has 0 spiro atoms. The van der Waals surface area contributed by atoms with Gasteiger partial charge in [-0.25, -0.2) is 8.42 Å². The molecule has 0 saturated carbocycles. The second kappa shape index (κ2) is 8.63. The summed E-state index contributed by atoms with van der Waals surface area (Å²) in [5.74, 6) is -0.745. The number of carbonyl (C=O) groups excluding carboxylic acids is 1. The molecule has 0 aliphatic heterocycles. The summed E-state index contributed by atoms with van der Waals surface area (Å²) in [6.07, 6.45) is 0.516. The Morgan fingerprint density at radius 2 is 1.74 bits per heavy atom. The molecule has 0 radical (unpaired) electrons. The summed E-state index contributed by atoms with van der Waals surface area (Å²) in [4.78, 5) is 22.1. The van der Waals surface area contributed by atoms with Gasteiger partial charge in [0.2, 0.25) is 0 Å². The van der Waals surface area contributed by atoms with Crippen LogP contribution in [0.2, 0.25) is 0 Å². The van der Waals surface area contributed by atoms with Gasteiger partial charge in [-0.05, 0) is 31.0 Å². The molecule has 2 aromatic carbocycles. The molecule has 0 aromatic heterocycles. The lowest BCUT2D eigenvalue weighted by molar-refractivity contribution is -0.387. The summed E-state index contributed by atoms with van der Waals surface area (Å²) in [5, 5.41) is 11.3. The van der Waals surface area contributed by atoms with Gasteiger partial charge in [0.1, 0.15) is 6.54 Å². The largest absolute Gasteiger partial charge is 0.465 e. The van der Waals surface area contributed by atoms with Crippen molar-refractivity contribution in [2.24, 2.45) is 0 Å². The van der Waals surface area contributed by atoms with Crippen LogP contribution in [0.25, 0.3) is 0 Å². The average molecular weight is 392 g/mol. The Morgan fingerprint density at radius 1 is 1.11 bits per heavy atom. The normalized spacial score (nSPS) is 11.0. The molecular formula is C18H20N2O6S. The van der Waals surface area contributed by atoms with Gasteiger partial charge in [-0.15, -0.1) is 0 Å². The van der Waals surface area contributed by atoms with Crippen LogP contribution in [-0.4, -0.2) is 32.5 Å². The molecule has 0 unspecified atom stereocenters. The summed E-state index contributed by atoms with van der Waals surface area (Å²) >= 11 is 0. The molecule has 27 heavy (non-hydrogen) atoms. The van der Waals surface area contributed by atoms with Crippen molar-refractivity contribution in [1.29, 1.82) is 0 Å². The number of para-hydroxylation sites is 2. The van der Waals surface area contributed by atoms with Gasteiger partial charge < -0.3 is 4.74 Å². The van der Waals surface area contributed by atoms with Crippen LogP contribution >= 0.6 is 0 Å². The molecule has 0 aliphatic rings. The summed E-state index contributed by atoms with van der Waals surface area (Å²) in [7, 11) is -4.38. The topological polar surface area (TPSA) is 107 Å². The molecule has 0 amide bonds. The van der Waals surface area contributed by atoms with Crippen LogP contribution in [0.5, 0.6) is 0 Å². The number of rotatable bonds is 8. The Labute approximate surface area is 157 Å². The van der Waals surface area contributed by atoms with Gasteiger partial charge in [0.15, 0.2) is 4.90 Å². The van der Waals surface area contributed by atoms with E-state index in [0.717, 1.165) is 16.4 Å². The molecule has 2 rings (SSSR count). The van der Waals surface area contributed by atoms with Gasteiger partial charge in [-0.2, -0.15) is 0 Å². The van der Waals surface area contributed by atoms with Crippen LogP contribution in [0.15, 0.2) is 53.4 Å². The zero-order chi connectivity index (χ0) is 20.0. The minimum Gasteiger partial charge on any atom is -0.465 e. The van der Waals surface area contributed by atoms with Crippen LogP contribution in [0.3, 0.4) is 0 Å². The van der Waals surface area contributed by atoms with Crippen molar-refractivity contribution in [2.75, 3.05) is 17.5 Å². The van der Waals surface area contributed by atoms with Crippen molar-refractivity contribution in [3.63, 3.8) is 0 Å². The summed E-state index contributed by atoms with van der Waals surface area (Å²) in [6, 6.07) is 11.7. The van der Waals surface area contributed by atoms with Gasteiger partial charge in [-0.1, -0.05) is 37.3 Å². The molecule has 8 nitrogen and oxygen atoms in total. The van der Waals surface area contributed by atoms with E-state index in [2.05, 4.69) is 0 Å². The van der Waals surface area contributed by atoms with Gasteiger partial charge in [-0.3, -0.25) is 19.2 Å². The zero-order valence-electron chi connectivity index (χ0n) is 15.0. The molecule has 0 bridgehead atoms. The molecule has 0 N–H and O–H groups in total. The van der Waals surface area contributed by atoms with Crippen molar-refractivity contribution >= 4 is 27.4 Å². The maximum Gasteiger partial charge on any atom is 0.326 e. The van der Waals surface area contributed by atoms with E-state index in [1.54, 1.807) is 31.2 Å². The number of hydrogen-bond acceptors (Lipinski definition) is 6. The smallest absolute Gasteiger partial charge is 0.326 e. The molecule has 0 atom stereocenters. The van der Waals surface area contributed by atoms with Crippen LogP contribution in [0.4, 0.5) is 11.4 Å². The number of nitro groups is 1. The highest BCUT2D eigenvalue weighted by Crippen LogP contribution is 2.31. The Hall–Kier alpha value is -2.94. The third-order valence-corrected chi connectivity index (χ3v) is 5.66. The third-order valence-electron chi connectivity index (χ3n) is 3.85. The zero-order valence-corrected chi connectivity index (χ0v) is 15.8. The van der Waals surface area contributed by atoms with E-state index in [-0.39, 0.29) is 12.3 Å². The lowest BCUT2D eigenvalue weighted by Crippen LogP contribution is -2.37. The Morgan fingerprint density at radius 3 is 2.37 bits per heavy atom.